The van der Waals surface area contributed by atoms with Gasteiger partial charge in [-0.3, -0.25) is 0 Å². The maximum absolute atomic E-state index is 4.52. The van der Waals surface area contributed by atoms with E-state index in [0.29, 0.717) is 0 Å². The fourth-order valence-corrected chi connectivity index (χ4v) is 3.44. The molecule has 0 aliphatic carbocycles. The topological polar surface area (TPSA) is 17.3 Å². The van der Waals surface area contributed by atoms with E-state index < -0.39 is 0 Å². The summed E-state index contributed by atoms with van der Waals surface area (Å²) in [6.45, 7) is 4.26. The Bertz CT molecular complexity index is 716. The molecule has 0 fully saturated rings. The summed E-state index contributed by atoms with van der Waals surface area (Å²) in [5.41, 5.74) is 6.23. The summed E-state index contributed by atoms with van der Waals surface area (Å²) in [6, 6.07) is 14.9. The zero-order chi connectivity index (χ0) is 13.9. The van der Waals surface area contributed by atoms with Crippen LogP contribution in [-0.2, 0) is 11.5 Å². The first-order valence-electron chi connectivity index (χ1n) is 6.79. The monoisotopic (exact) mass is 282 g/mol. The van der Waals surface area contributed by atoms with E-state index >= 15 is 0 Å². The van der Waals surface area contributed by atoms with Crippen LogP contribution in [0.3, 0.4) is 0 Å². The number of hydrogen-bond donors (Lipinski definition) is 0. The summed E-state index contributed by atoms with van der Waals surface area (Å²) in [5.74, 6) is 2.03. The third kappa shape index (κ3) is 2.73. The number of aromatic nitrogens is 2. The van der Waals surface area contributed by atoms with Crippen LogP contribution in [0.2, 0.25) is 0 Å². The molecule has 0 saturated carbocycles. The highest BCUT2D eigenvalue weighted by molar-refractivity contribution is 7.97. The molecular weight excluding hydrogens is 264 g/mol. The molecule has 0 aliphatic rings. The van der Waals surface area contributed by atoms with Crippen molar-refractivity contribution in [3.8, 4) is 0 Å². The molecule has 0 atom stereocenters. The highest BCUT2D eigenvalue weighted by Gasteiger charge is 2.06. The van der Waals surface area contributed by atoms with Crippen molar-refractivity contribution in [3.63, 3.8) is 0 Å². The smallest absolute Gasteiger partial charge is 0.137 e. The van der Waals surface area contributed by atoms with E-state index in [1.807, 2.05) is 18.0 Å². The maximum atomic E-state index is 4.52. The number of rotatable bonds is 4. The maximum Gasteiger partial charge on any atom is 0.137 e. The molecule has 20 heavy (non-hydrogen) atoms. The van der Waals surface area contributed by atoms with Crippen molar-refractivity contribution < 1.29 is 0 Å². The van der Waals surface area contributed by atoms with E-state index in [9.17, 15) is 0 Å². The van der Waals surface area contributed by atoms with E-state index in [1.165, 1.54) is 22.5 Å². The summed E-state index contributed by atoms with van der Waals surface area (Å²) in [4.78, 5) is 4.52. The summed E-state index contributed by atoms with van der Waals surface area (Å²) in [7, 11) is 0. The number of thioether (sulfide) groups is 1. The Morgan fingerprint density at radius 2 is 1.85 bits per heavy atom. The first-order valence-corrected chi connectivity index (χ1v) is 7.95. The third-order valence-electron chi connectivity index (χ3n) is 3.37. The predicted molar refractivity (Wildman–Crippen MR) is 86.1 cm³/mol. The van der Waals surface area contributed by atoms with E-state index in [-0.39, 0.29) is 0 Å². The number of benzene rings is 1. The van der Waals surface area contributed by atoms with Gasteiger partial charge in [0.15, 0.2) is 0 Å². The third-order valence-corrected chi connectivity index (χ3v) is 4.41. The minimum atomic E-state index is 0.986. The first-order chi connectivity index (χ1) is 9.74. The van der Waals surface area contributed by atoms with Crippen LogP contribution in [0.25, 0.3) is 5.65 Å². The molecule has 0 saturated heterocycles. The van der Waals surface area contributed by atoms with Gasteiger partial charge in [-0.15, -0.1) is 0 Å². The van der Waals surface area contributed by atoms with Gasteiger partial charge in [-0.25, -0.2) is 4.98 Å². The van der Waals surface area contributed by atoms with Crippen molar-refractivity contribution in [2.45, 2.75) is 25.4 Å². The second kappa shape index (κ2) is 5.71. The molecule has 2 heterocycles. The Labute approximate surface area is 123 Å². The van der Waals surface area contributed by atoms with Gasteiger partial charge in [0, 0.05) is 17.2 Å². The van der Waals surface area contributed by atoms with Crippen molar-refractivity contribution in [2.24, 2.45) is 0 Å². The number of hydrogen-bond acceptors (Lipinski definition) is 2. The van der Waals surface area contributed by atoms with Crippen molar-refractivity contribution >= 4 is 17.4 Å². The lowest BCUT2D eigenvalue weighted by molar-refractivity contribution is 1.02. The molecule has 0 unspecified atom stereocenters. The van der Waals surface area contributed by atoms with Crippen molar-refractivity contribution in [2.75, 3.05) is 0 Å². The normalized spacial score (nSPS) is 11.1. The van der Waals surface area contributed by atoms with Crippen molar-refractivity contribution in [3.05, 3.63) is 71.2 Å². The highest BCUT2D eigenvalue weighted by Crippen LogP contribution is 2.20. The molecule has 0 N–H and O–H groups in total. The molecule has 3 aromatic rings. The van der Waals surface area contributed by atoms with Crippen LogP contribution < -0.4 is 0 Å². The number of imidazole rings is 1. The van der Waals surface area contributed by atoms with Crippen LogP contribution in [0.1, 0.15) is 22.5 Å². The lowest BCUT2D eigenvalue weighted by atomic mass is 10.2. The first kappa shape index (κ1) is 13.3. The molecule has 0 amide bonds. The van der Waals surface area contributed by atoms with E-state index in [0.717, 1.165) is 17.2 Å². The molecule has 0 radical (unpaired) electrons. The largest absolute Gasteiger partial charge is 0.300 e. The number of aryl methyl sites for hydroxylation is 2. The molecule has 102 valence electrons. The van der Waals surface area contributed by atoms with Gasteiger partial charge in [-0.2, -0.15) is 11.8 Å². The average molecular weight is 282 g/mol. The van der Waals surface area contributed by atoms with Gasteiger partial charge >= 0.3 is 0 Å². The number of nitrogens with zero attached hydrogens (tertiary/aromatic N) is 2. The van der Waals surface area contributed by atoms with Gasteiger partial charge in [0.25, 0.3) is 0 Å². The second-order valence-electron chi connectivity index (χ2n) is 5.10. The molecule has 1 aromatic carbocycles. The van der Waals surface area contributed by atoms with Gasteiger partial charge in [-0.1, -0.05) is 30.3 Å². The van der Waals surface area contributed by atoms with Gasteiger partial charge in [0.1, 0.15) is 5.65 Å². The minimum absolute atomic E-state index is 0.986. The molecule has 3 heteroatoms. The Morgan fingerprint density at radius 1 is 1.05 bits per heavy atom. The quantitative estimate of drug-likeness (QED) is 0.706. The zero-order valence-corrected chi connectivity index (χ0v) is 12.7. The van der Waals surface area contributed by atoms with E-state index in [2.05, 4.69) is 65.7 Å². The molecule has 0 aliphatic heterocycles. The standard InChI is InChI=1S/C17H18N2S/c1-13-8-14(2)19-16(10-18-17(19)9-13)12-20-11-15-6-4-3-5-7-15/h3-10H,11-12H2,1-2H3. The fourth-order valence-electron chi connectivity index (χ4n) is 2.50. The zero-order valence-electron chi connectivity index (χ0n) is 11.8. The molecule has 3 rings (SSSR count). The highest BCUT2D eigenvalue weighted by atomic mass is 32.2. The molecule has 2 nitrogen and oxygen atoms in total. The Hall–Kier alpha value is -1.74. The summed E-state index contributed by atoms with van der Waals surface area (Å²) in [6.07, 6.45) is 2.00. The van der Waals surface area contributed by atoms with Crippen LogP contribution in [0, 0.1) is 13.8 Å². The second-order valence-corrected chi connectivity index (χ2v) is 6.08. The Morgan fingerprint density at radius 3 is 2.65 bits per heavy atom. The average Bonchev–Trinajstić information content (AvgIpc) is 2.83. The predicted octanol–water partition coefficient (Wildman–Crippen LogP) is 4.38. The minimum Gasteiger partial charge on any atom is -0.300 e. The van der Waals surface area contributed by atoms with Crippen molar-refractivity contribution in [1.29, 1.82) is 0 Å². The molecule has 0 spiro atoms. The molecule has 0 bridgehead atoms. The lowest BCUT2D eigenvalue weighted by Gasteiger charge is -2.07. The van der Waals surface area contributed by atoms with Crippen LogP contribution in [-0.4, -0.2) is 9.38 Å². The molecular formula is C17H18N2S. The Balaban J connectivity index is 1.75. The van der Waals surface area contributed by atoms with E-state index in [4.69, 9.17) is 0 Å². The van der Waals surface area contributed by atoms with Crippen LogP contribution >= 0.6 is 11.8 Å². The van der Waals surface area contributed by atoms with Gasteiger partial charge in [0.2, 0.25) is 0 Å². The van der Waals surface area contributed by atoms with Gasteiger partial charge in [-0.05, 0) is 37.1 Å². The van der Waals surface area contributed by atoms with Crippen molar-refractivity contribution in [1.82, 2.24) is 9.38 Å². The molecule has 2 aromatic heterocycles. The number of fused-ring (bicyclic) bond motifs is 1. The Kier molecular flexibility index (Phi) is 3.79. The van der Waals surface area contributed by atoms with Crippen LogP contribution in [0.15, 0.2) is 48.7 Å². The number of pyridine rings is 1. The van der Waals surface area contributed by atoms with E-state index in [1.54, 1.807) is 0 Å². The summed E-state index contributed by atoms with van der Waals surface area (Å²) in [5, 5.41) is 0. The summed E-state index contributed by atoms with van der Waals surface area (Å²) >= 11 is 1.93. The van der Waals surface area contributed by atoms with Crippen LogP contribution in [0.5, 0.6) is 0 Å². The van der Waals surface area contributed by atoms with Gasteiger partial charge in [0.05, 0.1) is 11.9 Å². The fraction of sp³-hybridized carbons (Fsp3) is 0.235. The van der Waals surface area contributed by atoms with Crippen LogP contribution in [0.4, 0.5) is 0 Å². The lowest BCUT2D eigenvalue weighted by Crippen LogP contribution is -1.97. The van der Waals surface area contributed by atoms with Gasteiger partial charge < -0.3 is 4.40 Å². The SMILES string of the molecule is Cc1cc(C)n2c(CSCc3ccccc3)cnc2c1. The summed E-state index contributed by atoms with van der Waals surface area (Å²) < 4.78 is 2.25.